The van der Waals surface area contributed by atoms with Crippen LogP contribution in [-0.4, -0.2) is 23.3 Å². The Balaban J connectivity index is 2.04. The molecule has 0 saturated carbocycles. The zero-order valence-electron chi connectivity index (χ0n) is 20.5. The van der Waals surface area contributed by atoms with Crippen molar-refractivity contribution in [1.29, 1.82) is 0 Å². The maximum atomic E-state index is 15.0. The van der Waals surface area contributed by atoms with Crippen LogP contribution in [0.3, 0.4) is 0 Å². The average Bonchev–Trinajstić information content (AvgIpc) is 2.90. The van der Waals surface area contributed by atoms with E-state index in [1.54, 1.807) is 6.08 Å². The summed E-state index contributed by atoms with van der Waals surface area (Å²) in [5, 5.41) is 0. The van der Waals surface area contributed by atoms with Crippen molar-refractivity contribution in [3.8, 4) is 0 Å². The number of carbonyl (C=O) groups is 1. The molecule has 35 heavy (non-hydrogen) atoms. The number of nitrogens with zero attached hydrogens (tertiary/aromatic N) is 1. The van der Waals surface area contributed by atoms with Gasteiger partial charge >= 0.3 is 7.52 Å². The molecule has 0 radical (unpaired) electrons. The van der Waals surface area contributed by atoms with Crippen LogP contribution < -0.4 is 0 Å². The van der Waals surface area contributed by atoms with E-state index in [2.05, 4.69) is 6.58 Å². The van der Waals surface area contributed by atoms with Gasteiger partial charge in [-0.15, -0.1) is 6.58 Å². The molecule has 4 rings (SSSR count). The van der Waals surface area contributed by atoms with E-state index in [0.29, 0.717) is 26.0 Å². The zero-order chi connectivity index (χ0) is 24.9. The van der Waals surface area contributed by atoms with Crippen LogP contribution in [0.2, 0.25) is 0 Å². The largest absolute Gasteiger partial charge is 0.339 e. The van der Waals surface area contributed by atoms with Gasteiger partial charge in [-0.3, -0.25) is 9.36 Å². The molecule has 5 heteroatoms. The molecule has 182 valence electrons. The van der Waals surface area contributed by atoms with Gasteiger partial charge in [-0.25, -0.2) is 4.67 Å². The van der Waals surface area contributed by atoms with Gasteiger partial charge in [-0.05, 0) is 35.4 Å². The molecule has 0 N–H and O–H groups in total. The molecule has 3 aromatic carbocycles. The minimum Gasteiger partial charge on any atom is -0.312 e. The average molecular weight is 488 g/mol. The van der Waals surface area contributed by atoms with E-state index in [9.17, 15) is 9.36 Å². The second kappa shape index (κ2) is 10.9. The van der Waals surface area contributed by atoms with Crippen LogP contribution in [0.4, 0.5) is 0 Å². The lowest BCUT2D eigenvalue weighted by Gasteiger charge is -2.49. The SMILES string of the molecule is C=CC[C@H](C(=O)[P@@]1(=O)OCCCN1C(c1ccccc1)(c1ccccc1)c1ccccc1)C(C)C. The monoisotopic (exact) mass is 487 g/mol. The predicted octanol–water partition coefficient (Wildman–Crippen LogP) is 7.27. The van der Waals surface area contributed by atoms with Gasteiger partial charge in [0.1, 0.15) is 5.54 Å². The van der Waals surface area contributed by atoms with Gasteiger partial charge in [-0.2, -0.15) is 0 Å². The molecule has 0 aliphatic carbocycles. The van der Waals surface area contributed by atoms with Crippen molar-refractivity contribution in [3.63, 3.8) is 0 Å². The van der Waals surface area contributed by atoms with Gasteiger partial charge in [0.25, 0.3) is 0 Å². The quantitative estimate of drug-likeness (QED) is 0.181. The van der Waals surface area contributed by atoms with Crippen LogP contribution in [0, 0.1) is 11.8 Å². The molecule has 0 aromatic heterocycles. The van der Waals surface area contributed by atoms with E-state index >= 15 is 0 Å². The summed E-state index contributed by atoms with van der Waals surface area (Å²) in [4.78, 5) is 14.1. The molecule has 1 fully saturated rings. The smallest absolute Gasteiger partial charge is 0.312 e. The van der Waals surface area contributed by atoms with E-state index in [1.165, 1.54) is 0 Å². The first-order valence-corrected chi connectivity index (χ1v) is 13.9. The summed E-state index contributed by atoms with van der Waals surface area (Å²) in [7, 11) is -3.93. The fourth-order valence-corrected chi connectivity index (χ4v) is 8.03. The topological polar surface area (TPSA) is 46.6 Å². The van der Waals surface area contributed by atoms with Crippen molar-refractivity contribution in [1.82, 2.24) is 4.67 Å². The van der Waals surface area contributed by atoms with Gasteiger partial charge in [0.05, 0.1) is 6.61 Å². The Labute approximate surface area is 209 Å². The summed E-state index contributed by atoms with van der Waals surface area (Å²) in [6.07, 6.45) is 2.88. The fourth-order valence-electron chi connectivity index (χ4n) is 5.18. The highest BCUT2D eigenvalue weighted by molar-refractivity contribution is 7.74. The Bertz CT molecular complexity index is 1080. The molecule has 0 bridgehead atoms. The Kier molecular flexibility index (Phi) is 7.86. The van der Waals surface area contributed by atoms with Crippen molar-refractivity contribution >= 4 is 13.0 Å². The number of hydrogen-bond acceptors (Lipinski definition) is 3. The Morgan fingerprint density at radius 3 is 1.80 bits per heavy atom. The minimum atomic E-state index is -3.93. The first kappa shape index (κ1) is 25.3. The maximum Gasteiger partial charge on any atom is 0.339 e. The summed E-state index contributed by atoms with van der Waals surface area (Å²) in [5.74, 6) is -0.419. The second-order valence-electron chi connectivity index (χ2n) is 9.35. The van der Waals surface area contributed by atoms with Gasteiger partial charge in [0, 0.05) is 12.5 Å². The highest BCUT2D eigenvalue weighted by atomic mass is 31.2. The van der Waals surface area contributed by atoms with Crippen LogP contribution in [-0.2, 0) is 19.4 Å². The van der Waals surface area contributed by atoms with Crippen molar-refractivity contribution in [2.24, 2.45) is 11.8 Å². The first-order chi connectivity index (χ1) is 17.0. The lowest BCUT2D eigenvalue weighted by atomic mass is 9.77. The second-order valence-corrected chi connectivity index (χ2v) is 11.6. The van der Waals surface area contributed by atoms with Crippen molar-refractivity contribution in [2.45, 2.75) is 32.2 Å². The number of allylic oxidation sites excluding steroid dienone is 1. The first-order valence-electron chi connectivity index (χ1n) is 12.3. The minimum absolute atomic E-state index is 0.0123. The highest BCUT2D eigenvalue weighted by Gasteiger charge is 2.56. The molecule has 4 nitrogen and oxygen atoms in total. The van der Waals surface area contributed by atoms with E-state index < -0.39 is 19.0 Å². The molecule has 0 unspecified atom stereocenters. The summed E-state index contributed by atoms with van der Waals surface area (Å²) >= 11 is 0. The summed E-state index contributed by atoms with van der Waals surface area (Å²) in [6.45, 7) is 8.60. The Morgan fingerprint density at radius 2 is 1.40 bits per heavy atom. The van der Waals surface area contributed by atoms with Crippen molar-refractivity contribution < 1.29 is 13.9 Å². The zero-order valence-corrected chi connectivity index (χ0v) is 21.4. The highest BCUT2D eigenvalue weighted by Crippen LogP contribution is 2.64. The molecule has 0 spiro atoms. The molecular weight excluding hydrogens is 453 g/mol. The molecule has 2 atom stereocenters. The maximum absolute atomic E-state index is 15.0. The third kappa shape index (κ3) is 4.59. The number of benzene rings is 3. The predicted molar refractivity (Wildman–Crippen MR) is 142 cm³/mol. The van der Waals surface area contributed by atoms with Gasteiger partial charge in [0.15, 0.2) is 0 Å². The van der Waals surface area contributed by atoms with Crippen molar-refractivity contribution in [3.05, 3.63) is 120 Å². The lowest BCUT2D eigenvalue weighted by molar-refractivity contribution is -0.118. The van der Waals surface area contributed by atoms with Gasteiger partial charge < -0.3 is 4.52 Å². The van der Waals surface area contributed by atoms with E-state index in [-0.39, 0.29) is 11.4 Å². The summed E-state index contributed by atoms with van der Waals surface area (Å²) < 4.78 is 22.9. The molecule has 0 amide bonds. The van der Waals surface area contributed by atoms with E-state index in [0.717, 1.165) is 16.7 Å². The standard InChI is InChI=1S/C30H34NO3P/c1-4-15-28(24(2)3)29(32)35(33)31(22-14-23-34-35)30(25-16-8-5-9-17-25,26-18-10-6-11-19-26)27-20-12-7-13-21-27/h4-13,16-21,24,28H,1,14-15,22-23H2,2-3H3/t28-,35+/m0/s1. The number of carbonyl (C=O) groups excluding carboxylic acids is 1. The van der Waals surface area contributed by atoms with Crippen LogP contribution >= 0.6 is 7.52 Å². The van der Waals surface area contributed by atoms with Crippen molar-refractivity contribution in [2.75, 3.05) is 13.2 Å². The number of hydrogen-bond donors (Lipinski definition) is 0. The number of rotatable bonds is 9. The molecular formula is C30H34NO3P. The molecule has 1 aliphatic heterocycles. The lowest BCUT2D eigenvalue weighted by Crippen LogP contribution is -2.50. The molecule has 1 aliphatic rings. The van der Waals surface area contributed by atoms with E-state index in [1.807, 2.05) is 110 Å². The van der Waals surface area contributed by atoms with Crippen LogP contribution in [0.25, 0.3) is 0 Å². The third-order valence-electron chi connectivity index (χ3n) is 6.88. The molecule has 1 heterocycles. The Hall–Kier alpha value is -2.78. The fraction of sp³-hybridized carbons (Fsp3) is 0.300. The van der Waals surface area contributed by atoms with Gasteiger partial charge in [-0.1, -0.05) is 111 Å². The van der Waals surface area contributed by atoms with Crippen LogP contribution in [0.15, 0.2) is 104 Å². The molecule has 3 aromatic rings. The summed E-state index contributed by atoms with van der Waals surface area (Å²) in [6, 6.07) is 30.1. The van der Waals surface area contributed by atoms with Crippen LogP contribution in [0.5, 0.6) is 0 Å². The normalized spacial score (nSPS) is 19.9. The van der Waals surface area contributed by atoms with Gasteiger partial charge in [0.2, 0.25) is 5.52 Å². The van der Waals surface area contributed by atoms with Crippen LogP contribution in [0.1, 0.15) is 43.4 Å². The Morgan fingerprint density at radius 1 is 0.943 bits per heavy atom. The third-order valence-corrected chi connectivity index (χ3v) is 9.44. The molecule has 1 saturated heterocycles. The van der Waals surface area contributed by atoms with E-state index in [4.69, 9.17) is 4.52 Å². The summed E-state index contributed by atoms with van der Waals surface area (Å²) in [5.41, 5.74) is 1.55.